The molecular formula is C24H22O6Si. The normalized spacial score (nSPS) is 10.5. The molecule has 0 saturated heterocycles. The molecule has 0 unspecified atom stereocenters. The topological polar surface area (TPSA) is 78.9 Å². The van der Waals surface area contributed by atoms with E-state index in [0.717, 1.165) is 0 Å². The van der Waals surface area contributed by atoms with Crippen LogP contribution in [-0.4, -0.2) is 27.4 Å². The smallest absolute Gasteiger partial charge is 0.454 e. The zero-order chi connectivity index (χ0) is 22.4. The first-order valence-corrected chi connectivity index (χ1v) is 11.1. The van der Waals surface area contributed by atoms with E-state index in [9.17, 15) is 14.4 Å². The van der Waals surface area contributed by atoms with Crippen LogP contribution in [0.15, 0.2) is 72.8 Å². The van der Waals surface area contributed by atoms with Crippen LogP contribution in [0.1, 0.15) is 47.8 Å². The van der Waals surface area contributed by atoms with Crippen LogP contribution in [0.25, 0.3) is 0 Å². The van der Waals surface area contributed by atoms with E-state index in [0.29, 0.717) is 33.4 Å². The third-order valence-electron chi connectivity index (χ3n) is 4.70. The maximum Gasteiger partial charge on any atom is 0.689 e. The van der Waals surface area contributed by atoms with Gasteiger partial charge in [0.25, 0.3) is 0 Å². The molecule has 0 aromatic heterocycles. The van der Waals surface area contributed by atoms with Crippen molar-refractivity contribution in [3.63, 3.8) is 0 Å². The third kappa shape index (κ3) is 5.46. The van der Waals surface area contributed by atoms with Crippen molar-refractivity contribution in [2.75, 3.05) is 0 Å². The highest BCUT2D eigenvalue weighted by Gasteiger charge is 2.32. The Morgan fingerprint density at radius 3 is 1.03 bits per heavy atom. The molecule has 0 aliphatic rings. The van der Waals surface area contributed by atoms with Gasteiger partial charge in [-0.05, 0) is 55.7 Å². The predicted molar refractivity (Wildman–Crippen MR) is 117 cm³/mol. The van der Waals surface area contributed by atoms with Gasteiger partial charge in [-0.1, -0.05) is 54.6 Å². The van der Waals surface area contributed by atoms with E-state index in [1.54, 1.807) is 93.6 Å². The summed E-state index contributed by atoms with van der Waals surface area (Å²) in [4.78, 5) is 38.0. The van der Waals surface area contributed by atoms with E-state index in [1.165, 1.54) is 0 Å². The van der Waals surface area contributed by atoms with Crippen LogP contribution >= 0.6 is 0 Å². The fraction of sp³-hybridized carbons (Fsp3) is 0.125. The van der Waals surface area contributed by atoms with Crippen LogP contribution in [-0.2, 0) is 13.3 Å². The molecule has 0 atom stereocenters. The molecular weight excluding hydrogens is 412 g/mol. The van der Waals surface area contributed by atoms with Gasteiger partial charge in [-0.25, -0.2) is 14.4 Å². The molecule has 0 radical (unpaired) electrons. The summed E-state index contributed by atoms with van der Waals surface area (Å²) in [6.07, 6.45) is 0. The summed E-state index contributed by atoms with van der Waals surface area (Å²) < 4.78 is 16.2. The Labute approximate surface area is 182 Å². The first-order chi connectivity index (χ1) is 14.9. The Balaban J connectivity index is 1.84. The Bertz CT molecular complexity index is 983. The average Bonchev–Trinajstić information content (AvgIpc) is 2.74. The molecule has 3 rings (SSSR count). The molecule has 6 nitrogen and oxygen atoms in total. The SMILES string of the molecule is Cc1ccccc1C(=O)O[SiH](OC(=O)c1ccccc1C)OC(=O)c1ccccc1C. The summed E-state index contributed by atoms with van der Waals surface area (Å²) in [5.74, 6) is -2.15. The van der Waals surface area contributed by atoms with Crippen LogP contribution in [0.3, 0.4) is 0 Å². The van der Waals surface area contributed by atoms with Crippen molar-refractivity contribution in [1.29, 1.82) is 0 Å². The predicted octanol–water partition coefficient (Wildman–Crippen LogP) is 4.20. The van der Waals surface area contributed by atoms with E-state index in [2.05, 4.69) is 0 Å². The summed E-state index contributed by atoms with van der Waals surface area (Å²) >= 11 is 0. The van der Waals surface area contributed by atoms with Crippen molar-refractivity contribution in [3.05, 3.63) is 106 Å². The Morgan fingerprint density at radius 1 is 0.516 bits per heavy atom. The molecule has 0 heterocycles. The standard InChI is InChI=1S/C24H22O6Si/c1-16-10-4-7-13-19(16)22(25)28-31(29-23(26)20-14-8-5-11-17(20)2)30-24(27)21-15-9-6-12-18(21)3/h4-15,31H,1-3H3. The lowest BCUT2D eigenvalue weighted by Crippen LogP contribution is -2.35. The molecule has 0 aliphatic carbocycles. The van der Waals surface area contributed by atoms with Gasteiger partial charge in [-0.15, -0.1) is 0 Å². The summed E-state index contributed by atoms with van der Waals surface area (Å²) in [7, 11) is -3.53. The summed E-state index contributed by atoms with van der Waals surface area (Å²) in [5.41, 5.74) is 2.98. The van der Waals surface area contributed by atoms with Crippen molar-refractivity contribution in [2.24, 2.45) is 0 Å². The minimum atomic E-state index is -3.53. The highest BCUT2D eigenvalue weighted by Crippen LogP contribution is 2.15. The third-order valence-corrected chi connectivity index (χ3v) is 5.92. The number of carbonyl (C=O) groups excluding carboxylic acids is 3. The summed E-state index contributed by atoms with van der Waals surface area (Å²) in [6, 6.07) is 20.5. The van der Waals surface area contributed by atoms with E-state index in [4.69, 9.17) is 13.3 Å². The number of aryl methyl sites for hydroxylation is 3. The Hall–Kier alpha value is -3.71. The summed E-state index contributed by atoms with van der Waals surface area (Å²) in [6.45, 7) is 5.27. The number of carbonyl (C=O) groups is 3. The fourth-order valence-electron chi connectivity index (χ4n) is 2.93. The molecule has 0 aliphatic heterocycles. The minimum Gasteiger partial charge on any atom is -0.454 e. The highest BCUT2D eigenvalue weighted by molar-refractivity contribution is 6.45. The molecule has 0 saturated carbocycles. The molecule has 3 aromatic rings. The van der Waals surface area contributed by atoms with Crippen LogP contribution in [0.5, 0.6) is 0 Å². The van der Waals surface area contributed by atoms with Crippen molar-refractivity contribution in [1.82, 2.24) is 0 Å². The lowest BCUT2D eigenvalue weighted by Gasteiger charge is -2.18. The first-order valence-electron chi connectivity index (χ1n) is 9.66. The van der Waals surface area contributed by atoms with E-state index in [1.807, 2.05) is 0 Å². The van der Waals surface area contributed by atoms with Gasteiger partial charge in [0.1, 0.15) is 0 Å². The Morgan fingerprint density at radius 2 is 0.774 bits per heavy atom. The fourth-order valence-corrected chi connectivity index (χ4v) is 3.98. The van der Waals surface area contributed by atoms with Gasteiger partial charge in [0.2, 0.25) is 0 Å². The monoisotopic (exact) mass is 434 g/mol. The van der Waals surface area contributed by atoms with E-state index < -0.39 is 27.4 Å². The van der Waals surface area contributed by atoms with Crippen molar-refractivity contribution in [3.8, 4) is 0 Å². The molecule has 31 heavy (non-hydrogen) atoms. The van der Waals surface area contributed by atoms with Gasteiger partial charge in [0.15, 0.2) is 0 Å². The van der Waals surface area contributed by atoms with Crippen molar-refractivity contribution >= 4 is 27.4 Å². The molecule has 158 valence electrons. The van der Waals surface area contributed by atoms with Gasteiger partial charge in [-0.2, -0.15) is 0 Å². The van der Waals surface area contributed by atoms with Crippen molar-refractivity contribution in [2.45, 2.75) is 20.8 Å². The minimum absolute atomic E-state index is 0.305. The van der Waals surface area contributed by atoms with E-state index in [-0.39, 0.29) is 0 Å². The maximum atomic E-state index is 12.7. The first kappa shape index (κ1) is 22.0. The molecule has 0 fully saturated rings. The lowest BCUT2D eigenvalue weighted by atomic mass is 10.1. The van der Waals surface area contributed by atoms with Gasteiger partial charge in [0.05, 0.1) is 16.7 Å². The molecule has 3 aromatic carbocycles. The van der Waals surface area contributed by atoms with Crippen molar-refractivity contribution < 1.29 is 27.7 Å². The number of benzene rings is 3. The molecule has 0 N–H and O–H groups in total. The highest BCUT2D eigenvalue weighted by atomic mass is 28.3. The molecule has 0 spiro atoms. The van der Waals surface area contributed by atoms with Crippen LogP contribution in [0.4, 0.5) is 0 Å². The lowest BCUT2D eigenvalue weighted by molar-refractivity contribution is 0.0409. The second-order valence-corrected chi connectivity index (χ2v) is 8.23. The van der Waals surface area contributed by atoms with Gasteiger partial charge < -0.3 is 13.3 Å². The van der Waals surface area contributed by atoms with Crippen LogP contribution < -0.4 is 0 Å². The second kappa shape index (κ2) is 9.86. The number of hydrogen-bond donors (Lipinski definition) is 0. The molecule has 7 heteroatoms. The largest absolute Gasteiger partial charge is 0.689 e. The van der Waals surface area contributed by atoms with Crippen LogP contribution in [0.2, 0.25) is 0 Å². The maximum absolute atomic E-state index is 12.7. The van der Waals surface area contributed by atoms with Gasteiger partial charge in [0, 0.05) is 0 Å². The average molecular weight is 435 g/mol. The zero-order valence-corrected chi connectivity index (χ0v) is 18.6. The van der Waals surface area contributed by atoms with Crippen LogP contribution in [0, 0.1) is 20.8 Å². The second-order valence-electron chi connectivity index (χ2n) is 6.95. The molecule has 0 bridgehead atoms. The quantitative estimate of drug-likeness (QED) is 0.541. The number of hydrogen-bond acceptors (Lipinski definition) is 6. The van der Waals surface area contributed by atoms with Gasteiger partial charge in [-0.3, -0.25) is 0 Å². The summed E-state index contributed by atoms with van der Waals surface area (Å²) in [5, 5.41) is 0. The van der Waals surface area contributed by atoms with E-state index >= 15 is 0 Å². The van der Waals surface area contributed by atoms with Gasteiger partial charge >= 0.3 is 27.4 Å². The number of rotatable bonds is 6. The Kier molecular flexibility index (Phi) is 6.99. The molecule has 0 amide bonds. The zero-order valence-electron chi connectivity index (χ0n) is 17.5.